The number of phenols is 3. The lowest BCUT2D eigenvalue weighted by molar-refractivity contribution is 0.366. The van der Waals surface area contributed by atoms with E-state index in [2.05, 4.69) is 73.4 Å². The molecule has 5 heteroatoms. The molecule has 2 atom stereocenters. The van der Waals surface area contributed by atoms with Gasteiger partial charge in [-0.25, -0.2) is 0 Å². The second kappa shape index (κ2) is 13.2. The molecule has 0 spiro atoms. The smallest absolute Gasteiger partial charge is 0.201 e. The van der Waals surface area contributed by atoms with E-state index in [9.17, 15) is 15.3 Å². The molecule has 2 aliphatic rings. The lowest BCUT2D eigenvalue weighted by Crippen LogP contribution is -2.11. The van der Waals surface area contributed by atoms with Gasteiger partial charge < -0.3 is 15.3 Å². The number of phenolic OH excluding ortho intramolecular Hbond substituents is 3. The molecule has 5 rings (SSSR count). The molecule has 0 saturated carbocycles. The standard InChI is InChI=1S/C39H40N2O3/c1-6-29-22-33(36-24(2)25(3)37(42)39(44)38(36)43)18-19-34(29)30-15-12-27(13-16-30)23-41-35(31-10-8-7-9-11-31)21-28-14-17-32(20-28)26(4)40-5/h6-12,14-15,18-19,22,26,28,42-44H,1,5,13,16,20-21,23H2,2-4H3. The average molecular weight is 585 g/mol. The number of aliphatic imine (C=N–C) groups is 2. The number of nitrogens with zero attached hydrogens (tertiary/aromatic N) is 2. The Bertz CT molecular complexity index is 1740. The van der Waals surface area contributed by atoms with E-state index in [1.54, 1.807) is 6.92 Å². The summed E-state index contributed by atoms with van der Waals surface area (Å²) in [4.78, 5) is 9.30. The van der Waals surface area contributed by atoms with Gasteiger partial charge >= 0.3 is 0 Å². The Kier molecular flexibility index (Phi) is 9.18. The van der Waals surface area contributed by atoms with Crippen LogP contribution in [0.25, 0.3) is 22.8 Å². The van der Waals surface area contributed by atoms with Gasteiger partial charge in [0.2, 0.25) is 5.75 Å². The Hall–Kier alpha value is -4.86. The third kappa shape index (κ3) is 6.24. The van der Waals surface area contributed by atoms with Gasteiger partial charge in [0, 0.05) is 11.3 Å². The maximum absolute atomic E-state index is 10.7. The Morgan fingerprint density at radius 3 is 2.45 bits per heavy atom. The number of hydrogen-bond acceptors (Lipinski definition) is 5. The lowest BCUT2D eigenvalue weighted by Gasteiger charge is -2.19. The van der Waals surface area contributed by atoms with Crippen LogP contribution in [0.1, 0.15) is 60.4 Å². The molecule has 0 bridgehead atoms. The van der Waals surface area contributed by atoms with Gasteiger partial charge in [-0.1, -0.05) is 67.3 Å². The topological polar surface area (TPSA) is 85.4 Å². The number of allylic oxidation sites excluding steroid dienone is 3. The van der Waals surface area contributed by atoms with Crippen molar-refractivity contribution in [2.24, 2.45) is 15.9 Å². The van der Waals surface area contributed by atoms with E-state index in [1.165, 1.54) is 16.7 Å². The van der Waals surface area contributed by atoms with Crippen LogP contribution in [0.2, 0.25) is 0 Å². The molecule has 3 N–H and O–H groups in total. The molecule has 5 nitrogen and oxygen atoms in total. The van der Waals surface area contributed by atoms with E-state index in [-0.39, 0.29) is 17.5 Å². The molecule has 0 saturated heterocycles. The quantitative estimate of drug-likeness (QED) is 0.126. The van der Waals surface area contributed by atoms with Crippen molar-refractivity contribution in [2.75, 3.05) is 6.54 Å². The van der Waals surface area contributed by atoms with Crippen LogP contribution in [-0.2, 0) is 0 Å². The van der Waals surface area contributed by atoms with E-state index in [4.69, 9.17) is 4.99 Å². The largest absolute Gasteiger partial charge is 0.504 e. The van der Waals surface area contributed by atoms with Crippen molar-refractivity contribution in [3.8, 4) is 28.4 Å². The van der Waals surface area contributed by atoms with Crippen molar-refractivity contribution < 1.29 is 15.3 Å². The van der Waals surface area contributed by atoms with Crippen molar-refractivity contribution in [3.05, 3.63) is 118 Å². The Morgan fingerprint density at radius 1 is 1.00 bits per heavy atom. The van der Waals surface area contributed by atoms with Crippen LogP contribution in [0.15, 0.2) is 100 Å². The van der Waals surface area contributed by atoms with Crippen LogP contribution < -0.4 is 0 Å². The minimum absolute atomic E-state index is 0.0984. The molecule has 0 aliphatic heterocycles. The molecule has 44 heavy (non-hydrogen) atoms. The zero-order valence-electron chi connectivity index (χ0n) is 25.8. The molecule has 0 heterocycles. The second-order valence-electron chi connectivity index (χ2n) is 11.7. The Labute approximate surface area is 260 Å². The first kappa shape index (κ1) is 30.6. The maximum atomic E-state index is 10.7. The SMILES string of the molecule is C=Cc1cc(-c2c(C)c(C)c(O)c(O)c2O)ccc1C1=CC=C(CN=C(CC2C=C=C(C(C)N=C)C2)c2ccccc2)CC1. The van der Waals surface area contributed by atoms with Crippen LogP contribution in [0.4, 0.5) is 0 Å². The van der Waals surface area contributed by atoms with Gasteiger partial charge in [0.1, 0.15) is 0 Å². The molecule has 3 aromatic carbocycles. The lowest BCUT2D eigenvalue weighted by atomic mass is 9.87. The van der Waals surface area contributed by atoms with Crippen molar-refractivity contribution in [3.63, 3.8) is 0 Å². The van der Waals surface area contributed by atoms with Gasteiger partial charge in [-0.15, -0.1) is 5.73 Å². The summed E-state index contributed by atoms with van der Waals surface area (Å²) in [6, 6.07) is 16.5. The number of hydrogen-bond donors (Lipinski definition) is 3. The van der Waals surface area contributed by atoms with E-state index in [0.29, 0.717) is 29.2 Å². The molecule has 224 valence electrons. The number of aromatic hydroxyl groups is 3. The summed E-state index contributed by atoms with van der Waals surface area (Å²) in [5.41, 5.74) is 13.9. The van der Waals surface area contributed by atoms with Crippen LogP contribution in [0.5, 0.6) is 17.2 Å². The van der Waals surface area contributed by atoms with Crippen molar-refractivity contribution in [1.82, 2.24) is 0 Å². The number of benzene rings is 3. The summed E-state index contributed by atoms with van der Waals surface area (Å²) in [6.45, 7) is 14.0. The summed E-state index contributed by atoms with van der Waals surface area (Å²) >= 11 is 0. The van der Waals surface area contributed by atoms with Gasteiger partial charge in [0.15, 0.2) is 11.5 Å². The van der Waals surface area contributed by atoms with Crippen LogP contribution in [0, 0.1) is 19.8 Å². The molecule has 3 aromatic rings. The first-order chi connectivity index (χ1) is 21.2. The van der Waals surface area contributed by atoms with Crippen molar-refractivity contribution in [1.29, 1.82) is 0 Å². The van der Waals surface area contributed by atoms with E-state index < -0.39 is 5.75 Å². The number of rotatable bonds is 10. The van der Waals surface area contributed by atoms with Crippen LogP contribution in [0.3, 0.4) is 0 Å². The summed E-state index contributed by atoms with van der Waals surface area (Å²) < 4.78 is 0. The predicted octanol–water partition coefficient (Wildman–Crippen LogP) is 8.90. The summed E-state index contributed by atoms with van der Waals surface area (Å²) in [5, 5.41) is 31.1. The Balaban J connectivity index is 1.36. The molecule has 0 fully saturated rings. The van der Waals surface area contributed by atoms with Crippen molar-refractivity contribution >= 4 is 24.1 Å². The van der Waals surface area contributed by atoms with Crippen molar-refractivity contribution in [2.45, 2.75) is 52.5 Å². The van der Waals surface area contributed by atoms with Gasteiger partial charge in [-0.2, -0.15) is 0 Å². The predicted molar refractivity (Wildman–Crippen MR) is 183 cm³/mol. The third-order valence-corrected chi connectivity index (χ3v) is 8.92. The highest BCUT2D eigenvalue weighted by Gasteiger charge is 2.22. The average Bonchev–Trinajstić information content (AvgIpc) is 3.53. The zero-order valence-corrected chi connectivity index (χ0v) is 25.8. The molecular formula is C39H40N2O3. The molecular weight excluding hydrogens is 544 g/mol. The second-order valence-corrected chi connectivity index (χ2v) is 11.7. The highest BCUT2D eigenvalue weighted by atomic mass is 16.3. The highest BCUT2D eigenvalue weighted by molar-refractivity contribution is 6.01. The molecule has 2 unspecified atom stereocenters. The monoisotopic (exact) mass is 584 g/mol. The first-order valence-corrected chi connectivity index (χ1v) is 15.1. The molecule has 0 amide bonds. The van der Waals surface area contributed by atoms with Gasteiger partial charge in [-0.3, -0.25) is 9.98 Å². The van der Waals surface area contributed by atoms with E-state index >= 15 is 0 Å². The van der Waals surface area contributed by atoms with Gasteiger partial charge in [-0.05, 0) is 121 Å². The minimum Gasteiger partial charge on any atom is -0.504 e. The van der Waals surface area contributed by atoms with Crippen LogP contribution >= 0.6 is 0 Å². The molecule has 0 aromatic heterocycles. The zero-order chi connectivity index (χ0) is 31.4. The minimum atomic E-state index is -0.501. The summed E-state index contributed by atoms with van der Waals surface area (Å²) in [7, 11) is 0. The highest BCUT2D eigenvalue weighted by Crippen LogP contribution is 2.47. The third-order valence-electron chi connectivity index (χ3n) is 8.92. The summed E-state index contributed by atoms with van der Waals surface area (Å²) in [6.07, 6.45) is 12.0. The first-order valence-electron chi connectivity index (χ1n) is 15.1. The van der Waals surface area contributed by atoms with Gasteiger partial charge in [0.25, 0.3) is 0 Å². The maximum Gasteiger partial charge on any atom is 0.201 e. The fourth-order valence-electron chi connectivity index (χ4n) is 6.03. The fraction of sp³-hybridized carbons (Fsp3) is 0.256. The van der Waals surface area contributed by atoms with Crippen LogP contribution in [-0.4, -0.2) is 40.3 Å². The molecule has 0 radical (unpaired) electrons. The Morgan fingerprint density at radius 2 is 1.77 bits per heavy atom. The normalized spacial score (nSPS) is 17.1. The van der Waals surface area contributed by atoms with E-state index in [1.807, 2.05) is 37.3 Å². The molecule has 2 aliphatic carbocycles. The fourth-order valence-corrected chi connectivity index (χ4v) is 6.03. The van der Waals surface area contributed by atoms with E-state index in [0.717, 1.165) is 53.6 Å². The van der Waals surface area contributed by atoms with Gasteiger partial charge in [0.05, 0.1) is 12.6 Å². The summed E-state index contributed by atoms with van der Waals surface area (Å²) in [5.74, 6) is -0.756.